The molecule has 1 aromatic carbocycles. The second-order valence-corrected chi connectivity index (χ2v) is 4.13. The normalized spacial score (nSPS) is 12.9. The van der Waals surface area contributed by atoms with E-state index in [-0.39, 0.29) is 16.8 Å². The molecule has 1 aliphatic rings. The predicted molar refractivity (Wildman–Crippen MR) is 70.0 cm³/mol. The molecule has 0 saturated heterocycles. The van der Waals surface area contributed by atoms with Crippen molar-refractivity contribution in [2.75, 3.05) is 11.9 Å². The molecule has 0 bridgehead atoms. The highest BCUT2D eigenvalue weighted by Crippen LogP contribution is 2.31. The SMILES string of the molecule is NC(=O)c1c(-c2ccccc2F)nn2c1NCC=C2. The molecule has 6 heteroatoms. The summed E-state index contributed by atoms with van der Waals surface area (Å²) >= 11 is 0. The maximum absolute atomic E-state index is 13.8. The molecule has 1 aliphatic heterocycles. The maximum atomic E-state index is 13.8. The lowest BCUT2D eigenvalue weighted by atomic mass is 10.1. The van der Waals surface area contributed by atoms with Gasteiger partial charge >= 0.3 is 0 Å². The van der Waals surface area contributed by atoms with Crippen molar-refractivity contribution in [3.63, 3.8) is 0 Å². The predicted octanol–water partition coefficient (Wildman–Crippen LogP) is 1.68. The summed E-state index contributed by atoms with van der Waals surface area (Å²) in [6, 6.07) is 6.16. The molecule has 96 valence electrons. The van der Waals surface area contributed by atoms with Gasteiger partial charge in [0.05, 0.1) is 0 Å². The van der Waals surface area contributed by atoms with Crippen molar-refractivity contribution < 1.29 is 9.18 Å². The van der Waals surface area contributed by atoms with Crippen molar-refractivity contribution in [2.24, 2.45) is 5.73 Å². The molecule has 2 heterocycles. The average Bonchev–Trinajstić information content (AvgIpc) is 2.78. The Kier molecular flexibility index (Phi) is 2.56. The highest BCUT2D eigenvalue weighted by Gasteiger charge is 2.24. The van der Waals surface area contributed by atoms with Crippen molar-refractivity contribution >= 4 is 17.9 Å². The molecular weight excluding hydrogens is 247 g/mol. The molecule has 0 saturated carbocycles. The van der Waals surface area contributed by atoms with Crippen LogP contribution >= 0.6 is 0 Å². The van der Waals surface area contributed by atoms with Crippen LogP contribution in [0.3, 0.4) is 0 Å². The smallest absolute Gasteiger partial charge is 0.254 e. The van der Waals surface area contributed by atoms with Gasteiger partial charge in [0.1, 0.15) is 22.9 Å². The van der Waals surface area contributed by atoms with Crippen LogP contribution in [0.15, 0.2) is 30.3 Å². The Morgan fingerprint density at radius 2 is 2.21 bits per heavy atom. The number of benzene rings is 1. The summed E-state index contributed by atoms with van der Waals surface area (Å²) in [6.45, 7) is 0.572. The van der Waals surface area contributed by atoms with E-state index in [0.29, 0.717) is 12.4 Å². The van der Waals surface area contributed by atoms with Gasteiger partial charge in [0.25, 0.3) is 5.91 Å². The first-order valence-electron chi connectivity index (χ1n) is 5.76. The summed E-state index contributed by atoms with van der Waals surface area (Å²) in [4.78, 5) is 11.6. The number of primary amides is 1. The van der Waals surface area contributed by atoms with Crippen LogP contribution in [0.2, 0.25) is 0 Å². The van der Waals surface area contributed by atoms with Crippen LogP contribution in [-0.4, -0.2) is 22.2 Å². The molecule has 5 nitrogen and oxygen atoms in total. The van der Waals surface area contributed by atoms with Gasteiger partial charge in [-0.3, -0.25) is 4.79 Å². The molecule has 0 spiro atoms. The summed E-state index contributed by atoms with van der Waals surface area (Å²) in [7, 11) is 0. The van der Waals surface area contributed by atoms with E-state index in [1.54, 1.807) is 24.4 Å². The van der Waals surface area contributed by atoms with Crippen molar-refractivity contribution in [3.05, 3.63) is 41.7 Å². The van der Waals surface area contributed by atoms with Gasteiger partial charge in [-0.2, -0.15) is 5.10 Å². The van der Waals surface area contributed by atoms with E-state index in [0.717, 1.165) is 0 Å². The minimum absolute atomic E-state index is 0.203. The number of carbonyl (C=O) groups excluding carboxylic acids is 1. The number of hydrogen-bond acceptors (Lipinski definition) is 3. The zero-order valence-electron chi connectivity index (χ0n) is 9.93. The fourth-order valence-electron chi connectivity index (χ4n) is 2.10. The Balaban J connectivity index is 2.27. The van der Waals surface area contributed by atoms with E-state index in [9.17, 15) is 9.18 Å². The zero-order chi connectivity index (χ0) is 13.4. The maximum Gasteiger partial charge on any atom is 0.254 e. The second kappa shape index (κ2) is 4.24. The van der Waals surface area contributed by atoms with Crippen LogP contribution in [0.1, 0.15) is 10.4 Å². The first kappa shape index (κ1) is 11.5. The van der Waals surface area contributed by atoms with Crippen LogP contribution in [0.5, 0.6) is 0 Å². The molecule has 0 aliphatic carbocycles. The Morgan fingerprint density at radius 1 is 1.42 bits per heavy atom. The summed E-state index contributed by atoms with van der Waals surface area (Å²) < 4.78 is 15.3. The number of nitrogens with one attached hydrogen (secondary N) is 1. The molecule has 1 aromatic heterocycles. The van der Waals surface area contributed by atoms with Crippen molar-refractivity contribution in [1.82, 2.24) is 9.78 Å². The van der Waals surface area contributed by atoms with Crippen LogP contribution in [-0.2, 0) is 0 Å². The van der Waals surface area contributed by atoms with E-state index < -0.39 is 11.7 Å². The monoisotopic (exact) mass is 258 g/mol. The third-order valence-corrected chi connectivity index (χ3v) is 2.92. The van der Waals surface area contributed by atoms with E-state index in [1.165, 1.54) is 10.7 Å². The minimum atomic E-state index is -0.637. The summed E-state index contributed by atoms with van der Waals surface area (Å²) in [6.07, 6.45) is 3.55. The first-order chi connectivity index (χ1) is 9.18. The number of fused-ring (bicyclic) bond motifs is 1. The fourth-order valence-corrected chi connectivity index (χ4v) is 2.10. The lowest BCUT2D eigenvalue weighted by Crippen LogP contribution is -2.16. The third-order valence-electron chi connectivity index (χ3n) is 2.92. The first-order valence-corrected chi connectivity index (χ1v) is 5.76. The highest BCUT2D eigenvalue weighted by atomic mass is 19.1. The molecular formula is C13H11FN4O. The number of aromatic nitrogens is 2. The van der Waals surface area contributed by atoms with Crippen LogP contribution in [0.4, 0.5) is 10.2 Å². The number of nitrogens with zero attached hydrogens (tertiary/aromatic N) is 2. The summed E-state index contributed by atoms with van der Waals surface area (Å²) in [5.74, 6) is -0.583. The number of carbonyl (C=O) groups is 1. The van der Waals surface area contributed by atoms with Crippen LogP contribution in [0.25, 0.3) is 17.5 Å². The van der Waals surface area contributed by atoms with Gasteiger partial charge < -0.3 is 11.1 Å². The van der Waals surface area contributed by atoms with Gasteiger partial charge in [0, 0.05) is 18.3 Å². The number of halogens is 1. The number of anilines is 1. The van der Waals surface area contributed by atoms with Gasteiger partial charge in [0.2, 0.25) is 0 Å². The molecule has 0 unspecified atom stereocenters. The Bertz CT molecular complexity index is 690. The minimum Gasteiger partial charge on any atom is -0.366 e. The standard InChI is InChI=1S/C13H11FN4O/c14-9-5-2-1-4-8(9)11-10(12(15)19)13-16-6-3-7-18(13)17-11/h1-5,7,16H,6H2,(H2,15,19). The highest BCUT2D eigenvalue weighted by molar-refractivity contribution is 6.04. The van der Waals surface area contributed by atoms with Crippen molar-refractivity contribution in [3.8, 4) is 11.3 Å². The summed E-state index contributed by atoms with van der Waals surface area (Å²) in [5, 5.41) is 7.24. The zero-order valence-corrected chi connectivity index (χ0v) is 9.93. The number of rotatable bonds is 2. The van der Waals surface area contributed by atoms with E-state index in [1.807, 2.05) is 6.08 Å². The number of amides is 1. The van der Waals surface area contributed by atoms with Crippen molar-refractivity contribution in [1.29, 1.82) is 0 Å². The molecule has 0 radical (unpaired) electrons. The molecule has 1 amide bonds. The molecule has 0 atom stereocenters. The topological polar surface area (TPSA) is 72.9 Å². The molecule has 0 fully saturated rings. The van der Waals surface area contributed by atoms with E-state index in [4.69, 9.17) is 5.73 Å². The Morgan fingerprint density at radius 3 is 2.95 bits per heavy atom. The average molecular weight is 258 g/mol. The van der Waals surface area contributed by atoms with Gasteiger partial charge in [-0.25, -0.2) is 9.07 Å². The second-order valence-electron chi connectivity index (χ2n) is 4.13. The lowest BCUT2D eigenvalue weighted by molar-refractivity contribution is 0.100. The van der Waals surface area contributed by atoms with E-state index in [2.05, 4.69) is 10.4 Å². The number of nitrogens with two attached hydrogens (primary N) is 1. The van der Waals surface area contributed by atoms with Gasteiger partial charge in [0.15, 0.2) is 0 Å². The lowest BCUT2D eigenvalue weighted by Gasteiger charge is -2.10. The fraction of sp³-hybridized carbons (Fsp3) is 0.0769. The number of hydrogen-bond donors (Lipinski definition) is 2. The van der Waals surface area contributed by atoms with Gasteiger partial charge in [-0.1, -0.05) is 12.1 Å². The van der Waals surface area contributed by atoms with E-state index >= 15 is 0 Å². The van der Waals surface area contributed by atoms with Gasteiger partial charge in [-0.15, -0.1) is 0 Å². The van der Waals surface area contributed by atoms with Crippen molar-refractivity contribution in [2.45, 2.75) is 0 Å². The molecule has 3 rings (SSSR count). The summed E-state index contributed by atoms with van der Waals surface area (Å²) in [5.41, 5.74) is 6.10. The van der Waals surface area contributed by atoms with Crippen LogP contribution in [0, 0.1) is 5.82 Å². The quantitative estimate of drug-likeness (QED) is 0.860. The third kappa shape index (κ3) is 1.77. The Hall–Kier alpha value is -2.63. The Labute approximate surface area is 108 Å². The largest absolute Gasteiger partial charge is 0.366 e. The molecule has 3 N–H and O–H groups in total. The molecule has 19 heavy (non-hydrogen) atoms. The van der Waals surface area contributed by atoms with Crippen LogP contribution < -0.4 is 11.1 Å². The molecule has 2 aromatic rings. The van der Waals surface area contributed by atoms with Gasteiger partial charge in [-0.05, 0) is 18.2 Å².